The maximum atomic E-state index is 13.4. The Morgan fingerprint density at radius 1 is 1.11 bits per heavy atom. The molecule has 1 N–H and O–H groups in total. The van der Waals surface area contributed by atoms with Crippen molar-refractivity contribution >= 4 is 34.2 Å². The fourth-order valence-electron chi connectivity index (χ4n) is 2.21. The summed E-state index contributed by atoms with van der Waals surface area (Å²) in [5.41, 5.74) is 1.00. The number of para-hydroxylation sites is 1. The van der Waals surface area contributed by atoms with Crippen molar-refractivity contribution in [2.75, 3.05) is 25.1 Å². The second kappa shape index (κ2) is 9.84. The van der Waals surface area contributed by atoms with Gasteiger partial charge in [0, 0.05) is 4.88 Å². The first-order valence-corrected chi connectivity index (χ1v) is 9.25. The van der Waals surface area contributed by atoms with Gasteiger partial charge in [-0.1, -0.05) is 12.1 Å². The Morgan fingerprint density at radius 3 is 2.50 bits per heavy atom. The van der Waals surface area contributed by atoms with Crippen LogP contribution in [0, 0.1) is 19.7 Å². The van der Waals surface area contributed by atoms with E-state index in [1.807, 2.05) is 6.92 Å². The number of benzene rings is 1. The van der Waals surface area contributed by atoms with Gasteiger partial charge in [-0.2, -0.15) is 0 Å². The molecule has 1 amide bonds. The molecule has 150 valence electrons. The van der Waals surface area contributed by atoms with Gasteiger partial charge >= 0.3 is 11.9 Å². The van der Waals surface area contributed by atoms with Crippen LogP contribution in [0.3, 0.4) is 0 Å². The molecule has 28 heavy (non-hydrogen) atoms. The third-order valence-electron chi connectivity index (χ3n) is 3.66. The van der Waals surface area contributed by atoms with Crippen LogP contribution in [-0.4, -0.2) is 37.7 Å². The minimum Gasteiger partial charge on any atom is -0.479 e. The normalized spacial score (nSPS) is 10.3. The highest BCUT2D eigenvalue weighted by Crippen LogP contribution is 2.33. The fourth-order valence-corrected chi connectivity index (χ4v) is 3.28. The van der Waals surface area contributed by atoms with E-state index in [4.69, 9.17) is 14.2 Å². The van der Waals surface area contributed by atoms with E-state index in [0.29, 0.717) is 10.6 Å². The zero-order valence-corrected chi connectivity index (χ0v) is 16.5. The molecule has 0 radical (unpaired) electrons. The molecule has 0 aliphatic carbocycles. The van der Waals surface area contributed by atoms with E-state index in [1.165, 1.54) is 29.5 Å². The monoisotopic (exact) mass is 409 g/mol. The molecular formula is C19H20FNO6S. The van der Waals surface area contributed by atoms with E-state index < -0.39 is 36.9 Å². The molecule has 2 aromatic rings. The lowest BCUT2D eigenvalue weighted by molar-refractivity contribution is -0.149. The Morgan fingerprint density at radius 2 is 1.82 bits per heavy atom. The van der Waals surface area contributed by atoms with E-state index >= 15 is 0 Å². The fraction of sp³-hybridized carbons (Fsp3) is 0.316. The summed E-state index contributed by atoms with van der Waals surface area (Å²) in [6.45, 7) is 4.36. The van der Waals surface area contributed by atoms with Gasteiger partial charge in [0.15, 0.2) is 24.8 Å². The van der Waals surface area contributed by atoms with Crippen LogP contribution >= 0.6 is 11.3 Å². The summed E-state index contributed by atoms with van der Waals surface area (Å²) in [6, 6.07) is 5.61. The third-order valence-corrected chi connectivity index (χ3v) is 4.79. The predicted molar refractivity (Wildman–Crippen MR) is 101 cm³/mol. The number of ether oxygens (including phenoxy) is 3. The summed E-state index contributed by atoms with van der Waals surface area (Å²) < 4.78 is 28.2. The van der Waals surface area contributed by atoms with E-state index in [0.717, 1.165) is 4.88 Å². The van der Waals surface area contributed by atoms with Crippen LogP contribution in [0.15, 0.2) is 24.3 Å². The molecule has 0 saturated carbocycles. The Labute approximate surface area is 165 Å². The van der Waals surface area contributed by atoms with E-state index in [1.54, 1.807) is 19.9 Å². The zero-order chi connectivity index (χ0) is 20.7. The number of esters is 2. The molecule has 0 unspecified atom stereocenters. The Bertz CT molecular complexity index is 879. The lowest BCUT2D eigenvalue weighted by Crippen LogP contribution is -2.24. The van der Waals surface area contributed by atoms with Crippen molar-refractivity contribution in [1.82, 2.24) is 0 Å². The number of carbonyl (C=O) groups excluding carboxylic acids is 3. The van der Waals surface area contributed by atoms with Crippen molar-refractivity contribution in [2.45, 2.75) is 20.8 Å². The highest BCUT2D eigenvalue weighted by molar-refractivity contribution is 7.16. The van der Waals surface area contributed by atoms with Gasteiger partial charge in [-0.25, -0.2) is 14.0 Å². The van der Waals surface area contributed by atoms with Gasteiger partial charge in [0.05, 0.1) is 12.2 Å². The molecule has 0 bridgehead atoms. The van der Waals surface area contributed by atoms with Gasteiger partial charge < -0.3 is 19.5 Å². The van der Waals surface area contributed by atoms with Gasteiger partial charge in [-0.3, -0.25) is 4.79 Å². The Kier molecular flexibility index (Phi) is 7.51. The smallest absolute Gasteiger partial charge is 0.344 e. The zero-order valence-electron chi connectivity index (χ0n) is 15.7. The van der Waals surface area contributed by atoms with Crippen molar-refractivity contribution in [3.63, 3.8) is 0 Å². The maximum absolute atomic E-state index is 13.4. The van der Waals surface area contributed by atoms with E-state index in [9.17, 15) is 18.8 Å². The molecule has 2 rings (SSSR count). The Balaban J connectivity index is 1.89. The number of nitrogens with one attached hydrogen (secondary N) is 1. The SMILES string of the molecule is CCOC(=O)c1c(NC(=O)COC(=O)COc2ccccc2F)sc(C)c1C. The summed E-state index contributed by atoms with van der Waals surface area (Å²) in [5.74, 6) is -2.68. The summed E-state index contributed by atoms with van der Waals surface area (Å²) in [7, 11) is 0. The van der Waals surface area contributed by atoms with Crippen molar-refractivity contribution in [3.05, 3.63) is 46.1 Å². The number of hydrogen-bond acceptors (Lipinski definition) is 7. The van der Waals surface area contributed by atoms with Crippen LogP contribution in [0.4, 0.5) is 9.39 Å². The van der Waals surface area contributed by atoms with Crippen LogP contribution in [0.25, 0.3) is 0 Å². The topological polar surface area (TPSA) is 90.9 Å². The number of rotatable bonds is 8. The first-order valence-electron chi connectivity index (χ1n) is 8.43. The molecule has 1 aromatic carbocycles. The summed E-state index contributed by atoms with van der Waals surface area (Å²) in [4.78, 5) is 36.7. The van der Waals surface area contributed by atoms with Gasteiger partial charge in [-0.15, -0.1) is 11.3 Å². The average molecular weight is 409 g/mol. The molecule has 1 heterocycles. The lowest BCUT2D eigenvalue weighted by atomic mass is 10.1. The standard InChI is InChI=1S/C19H20FNO6S/c1-4-25-19(24)17-11(2)12(3)28-18(17)21-15(22)9-27-16(23)10-26-14-8-6-5-7-13(14)20/h5-8H,4,9-10H2,1-3H3,(H,21,22). The highest BCUT2D eigenvalue weighted by atomic mass is 32.1. The molecule has 9 heteroatoms. The lowest BCUT2D eigenvalue weighted by Gasteiger charge is -2.09. The number of halogens is 1. The first kappa shape index (κ1) is 21.4. The summed E-state index contributed by atoms with van der Waals surface area (Å²) in [5, 5.41) is 2.88. The molecule has 7 nitrogen and oxygen atoms in total. The first-order chi connectivity index (χ1) is 13.3. The highest BCUT2D eigenvalue weighted by Gasteiger charge is 2.22. The van der Waals surface area contributed by atoms with Crippen molar-refractivity contribution in [2.24, 2.45) is 0 Å². The van der Waals surface area contributed by atoms with Gasteiger partial charge in [0.1, 0.15) is 5.00 Å². The Hall–Kier alpha value is -2.94. The molecule has 0 spiro atoms. The number of anilines is 1. The van der Waals surface area contributed by atoms with Crippen LogP contribution in [0.1, 0.15) is 27.7 Å². The minimum absolute atomic E-state index is 0.0903. The second-order valence-electron chi connectivity index (χ2n) is 5.64. The number of thiophene rings is 1. The van der Waals surface area contributed by atoms with Gasteiger partial charge in [0.25, 0.3) is 5.91 Å². The van der Waals surface area contributed by atoms with Gasteiger partial charge in [0.2, 0.25) is 0 Å². The quantitative estimate of drug-likeness (QED) is 0.673. The third kappa shape index (κ3) is 5.53. The van der Waals surface area contributed by atoms with E-state index in [-0.39, 0.29) is 17.9 Å². The molecule has 0 aliphatic heterocycles. The molecule has 1 aromatic heterocycles. The van der Waals surface area contributed by atoms with Crippen molar-refractivity contribution in [3.8, 4) is 5.75 Å². The van der Waals surface area contributed by atoms with Crippen LogP contribution in [-0.2, 0) is 19.1 Å². The number of amides is 1. The summed E-state index contributed by atoms with van der Waals surface area (Å²) in [6.07, 6.45) is 0. The molecule has 0 fully saturated rings. The predicted octanol–water partition coefficient (Wildman–Crippen LogP) is 3.24. The molecular weight excluding hydrogens is 389 g/mol. The van der Waals surface area contributed by atoms with Crippen LogP contribution < -0.4 is 10.1 Å². The van der Waals surface area contributed by atoms with Crippen molar-refractivity contribution < 1.29 is 33.0 Å². The molecule has 0 saturated heterocycles. The number of carbonyl (C=O) groups is 3. The van der Waals surface area contributed by atoms with Crippen LogP contribution in [0.5, 0.6) is 5.75 Å². The van der Waals surface area contributed by atoms with Gasteiger partial charge in [-0.05, 0) is 38.5 Å². The minimum atomic E-state index is -0.831. The van der Waals surface area contributed by atoms with Crippen LogP contribution in [0.2, 0.25) is 0 Å². The number of aryl methyl sites for hydroxylation is 1. The van der Waals surface area contributed by atoms with Crippen molar-refractivity contribution in [1.29, 1.82) is 0 Å². The molecule has 0 atom stereocenters. The second-order valence-corrected chi connectivity index (χ2v) is 6.86. The average Bonchev–Trinajstić information content (AvgIpc) is 2.93. The van der Waals surface area contributed by atoms with E-state index in [2.05, 4.69) is 5.32 Å². The molecule has 0 aliphatic rings. The number of hydrogen-bond donors (Lipinski definition) is 1. The largest absolute Gasteiger partial charge is 0.479 e. The maximum Gasteiger partial charge on any atom is 0.344 e. The summed E-state index contributed by atoms with van der Waals surface area (Å²) >= 11 is 1.23.